The van der Waals surface area contributed by atoms with Gasteiger partial charge >= 0.3 is 0 Å². The highest BCUT2D eigenvalue weighted by molar-refractivity contribution is 5.89. The van der Waals surface area contributed by atoms with Gasteiger partial charge in [0.2, 0.25) is 5.91 Å². The predicted octanol–water partition coefficient (Wildman–Crippen LogP) is 3.99. The second-order valence-corrected chi connectivity index (χ2v) is 5.53. The lowest BCUT2D eigenvalue weighted by atomic mass is 10.0. The average Bonchev–Trinajstić information content (AvgIpc) is 2.94. The molecule has 1 aromatic carbocycles. The fourth-order valence-electron chi connectivity index (χ4n) is 2.82. The average molecular weight is 289 g/mol. The minimum absolute atomic E-state index is 0.0463. The summed E-state index contributed by atoms with van der Waals surface area (Å²) in [4.78, 5) is 26.0. The van der Waals surface area contributed by atoms with E-state index < -0.39 is 0 Å². The highest BCUT2D eigenvalue weighted by Crippen LogP contribution is 2.37. The Morgan fingerprint density at radius 3 is 2.14 bits per heavy atom. The van der Waals surface area contributed by atoms with Crippen molar-refractivity contribution in [2.45, 2.75) is 59.5 Å². The quantitative estimate of drug-likeness (QED) is 0.843. The molecule has 2 unspecified atom stereocenters. The monoisotopic (exact) mass is 289 g/mol. The van der Waals surface area contributed by atoms with Crippen LogP contribution in [0.25, 0.3) is 0 Å². The van der Waals surface area contributed by atoms with Crippen LogP contribution in [0.2, 0.25) is 0 Å². The van der Waals surface area contributed by atoms with Gasteiger partial charge in [0.15, 0.2) is 5.78 Å². The lowest BCUT2D eigenvalue weighted by molar-refractivity contribution is -0.141. The normalized spacial score (nSPS) is 21.0. The molecule has 0 saturated carbocycles. The number of amides is 1. The molecule has 2 rings (SSSR count). The molecular weight excluding hydrogens is 262 g/mol. The van der Waals surface area contributed by atoms with Crippen LogP contribution in [0.5, 0.6) is 0 Å². The van der Waals surface area contributed by atoms with Crippen LogP contribution in [0, 0.1) is 5.92 Å². The number of Topliss-reactive ketones (excluding diaryl/α,β-unsaturated/α-hetero) is 1. The van der Waals surface area contributed by atoms with E-state index in [0.717, 1.165) is 18.4 Å². The first-order valence-corrected chi connectivity index (χ1v) is 7.90. The molecule has 0 N–H and O–H groups in total. The molecule has 3 heteroatoms. The summed E-state index contributed by atoms with van der Waals surface area (Å²) in [6.07, 6.45) is 1.64. The van der Waals surface area contributed by atoms with Gasteiger partial charge in [-0.25, -0.2) is 0 Å². The summed E-state index contributed by atoms with van der Waals surface area (Å²) in [5.74, 6) is 0.0881. The van der Waals surface area contributed by atoms with E-state index >= 15 is 0 Å². The number of carbonyl (C=O) groups is 2. The topological polar surface area (TPSA) is 37.4 Å². The second-order valence-electron chi connectivity index (χ2n) is 5.53. The molecule has 21 heavy (non-hydrogen) atoms. The number of likely N-dealkylation sites (tertiary alicyclic amines) is 1. The minimum Gasteiger partial charge on any atom is -0.325 e. The van der Waals surface area contributed by atoms with Gasteiger partial charge < -0.3 is 4.90 Å². The van der Waals surface area contributed by atoms with Crippen LogP contribution >= 0.6 is 0 Å². The summed E-state index contributed by atoms with van der Waals surface area (Å²) >= 11 is 0. The van der Waals surface area contributed by atoms with Gasteiger partial charge in [-0.15, -0.1) is 0 Å². The molecule has 0 aliphatic carbocycles. The first-order valence-electron chi connectivity index (χ1n) is 7.90. The lowest BCUT2D eigenvalue weighted by Crippen LogP contribution is -2.43. The van der Waals surface area contributed by atoms with Gasteiger partial charge in [-0.2, -0.15) is 0 Å². The number of hydrogen-bond acceptors (Lipinski definition) is 2. The summed E-state index contributed by atoms with van der Waals surface area (Å²) in [6, 6.07) is 9.80. The first kappa shape index (κ1) is 17.4. The number of carbonyl (C=O) groups excluding carboxylic acids is 2. The highest BCUT2D eigenvalue weighted by atomic mass is 16.2. The van der Waals surface area contributed by atoms with Crippen LogP contribution in [-0.4, -0.2) is 22.6 Å². The van der Waals surface area contributed by atoms with Crippen molar-refractivity contribution in [1.82, 2.24) is 4.90 Å². The van der Waals surface area contributed by atoms with E-state index in [9.17, 15) is 9.59 Å². The van der Waals surface area contributed by atoms with E-state index in [2.05, 4.69) is 0 Å². The molecule has 1 heterocycles. The third-order valence-electron chi connectivity index (χ3n) is 3.79. The molecule has 116 valence electrons. The van der Waals surface area contributed by atoms with Crippen LogP contribution in [0.1, 0.15) is 59.1 Å². The van der Waals surface area contributed by atoms with E-state index in [1.807, 2.05) is 62.9 Å². The first-order chi connectivity index (χ1) is 10.0. The maximum atomic E-state index is 12.4. The Morgan fingerprint density at radius 1 is 1.10 bits per heavy atom. The summed E-state index contributed by atoms with van der Waals surface area (Å²) in [5.41, 5.74) is 1.13. The minimum atomic E-state index is -0.250. The van der Waals surface area contributed by atoms with Gasteiger partial charge in [-0.3, -0.25) is 9.59 Å². The van der Waals surface area contributed by atoms with Crippen molar-refractivity contribution < 1.29 is 9.59 Å². The van der Waals surface area contributed by atoms with Crippen LogP contribution in [0.3, 0.4) is 0 Å². The Kier molecular flexibility index (Phi) is 6.60. The van der Waals surface area contributed by atoms with Crippen molar-refractivity contribution in [3.05, 3.63) is 35.9 Å². The number of benzene rings is 1. The number of nitrogens with zero attached hydrogens (tertiary/aromatic N) is 1. The molecule has 0 aromatic heterocycles. The SMILES string of the molecule is CC.CC(=O)C1CCC(c2ccccc2)N1C(=O)C(C)C. The van der Waals surface area contributed by atoms with Crippen LogP contribution in [0.15, 0.2) is 30.3 Å². The van der Waals surface area contributed by atoms with Crippen molar-refractivity contribution in [2.75, 3.05) is 0 Å². The van der Waals surface area contributed by atoms with Crippen molar-refractivity contribution in [3.63, 3.8) is 0 Å². The maximum Gasteiger partial charge on any atom is 0.226 e. The van der Waals surface area contributed by atoms with Gasteiger partial charge in [0.25, 0.3) is 0 Å². The van der Waals surface area contributed by atoms with Crippen molar-refractivity contribution in [3.8, 4) is 0 Å². The summed E-state index contributed by atoms with van der Waals surface area (Å²) in [5, 5.41) is 0. The zero-order valence-electron chi connectivity index (χ0n) is 13.8. The number of rotatable bonds is 3. The van der Waals surface area contributed by atoms with Gasteiger partial charge in [0.05, 0.1) is 12.1 Å². The smallest absolute Gasteiger partial charge is 0.226 e. The van der Waals surface area contributed by atoms with Crippen molar-refractivity contribution in [2.24, 2.45) is 5.92 Å². The number of ketones is 1. The summed E-state index contributed by atoms with van der Waals surface area (Å²) < 4.78 is 0. The predicted molar refractivity (Wildman–Crippen MR) is 85.9 cm³/mol. The molecule has 1 aliphatic rings. The molecule has 1 fully saturated rings. The van der Waals surface area contributed by atoms with Gasteiger partial charge in [0, 0.05) is 5.92 Å². The fourth-order valence-corrected chi connectivity index (χ4v) is 2.82. The third-order valence-corrected chi connectivity index (χ3v) is 3.79. The zero-order valence-corrected chi connectivity index (χ0v) is 13.8. The van der Waals surface area contributed by atoms with Gasteiger partial charge in [-0.1, -0.05) is 58.0 Å². The van der Waals surface area contributed by atoms with Gasteiger partial charge in [0.1, 0.15) is 0 Å². The summed E-state index contributed by atoms with van der Waals surface area (Å²) in [6.45, 7) is 9.36. The Hall–Kier alpha value is -1.64. The largest absolute Gasteiger partial charge is 0.325 e. The highest BCUT2D eigenvalue weighted by Gasteiger charge is 2.40. The van der Waals surface area contributed by atoms with E-state index in [4.69, 9.17) is 0 Å². The van der Waals surface area contributed by atoms with Crippen LogP contribution < -0.4 is 0 Å². The fraction of sp³-hybridized carbons (Fsp3) is 0.556. The van der Waals surface area contributed by atoms with Gasteiger partial charge in [-0.05, 0) is 25.3 Å². The molecule has 1 saturated heterocycles. The molecule has 0 bridgehead atoms. The number of hydrogen-bond donors (Lipinski definition) is 0. The lowest BCUT2D eigenvalue weighted by Gasteiger charge is -2.31. The molecule has 1 amide bonds. The van der Waals surface area contributed by atoms with E-state index in [-0.39, 0.29) is 29.7 Å². The third kappa shape index (κ3) is 3.93. The Labute approximate surface area is 128 Å². The maximum absolute atomic E-state index is 12.4. The molecular formula is C18H27NO2. The molecule has 3 nitrogen and oxygen atoms in total. The molecule has 1 aliphatic heterocycles. The Morgan fingerprint density at radius 2 is 1.67 bits per heavy atom. The van der Waals surface area contributed by atoms with Crippen LogP contribution in [0.4, 0.5) is 0 Å². The van der Waals surface area contributed by atoms with Crippen molar-refractivity contribution in [1.29, 1.82) is 0 Å². The molecule has 1 aromatic rings. The van der Waals surface area contributed by atoms with E-state index in [1.165, 1.54) is 0 Å². The van der Waals surface area contributed by atoms with E-state index in [1.54, 1.807) is 6.92 Å². The van der Waals surface area contributed by atoms with E-state index in [0.29, 0.717) is 0 Å². The standard InChI is InChI=1S/C16H21NO2.C2H6/c1-11(2)16(19)17-14(12(3)18)9-10-15(17)13-7-5-4-6-8-13;1-2/h4-8,11,14-15H,9-10H2,1-3H3;1-2H3. The Bertz CT molecular complexity index is 467. The van der Waals surface area contributed by atoms with Crippen molar-refractivity contribution >= 4 is 11.7 Å². The molecule has 0 radical (unpaired) electrons. The second kappa shape index (κ2) is 7.96. The molecule has 0 spiro atoms. The summed E-state index contributed by atoms with van der Waals surface area (Å²) in [7, 11) is 0. The van der Waals surface area contributed by atoms with Crippen LogP contribution in [-0.2, 0) is 9.59 Å². The molecule has 2 atom stereocenters. The Balaban J connectivity index is 0.00000106. The zero-order chi connectivity index (χ0) is 16.0.